The molecule has 0 aliphatic rings. The van der Waals surface area contributed by atoms with Gasteiger partial charge in [-0.25, -0.2) is 0 Å². The van der Waals surface area contributed by atoms with E-state index in [0.717, 1.165) is 6.42 Å². The molecule has 0 bridgehead atoms. The van der Waals surface area contributed by atoms with Crippen LogP contribution >= 0.6 is 0 Å². The smallest absolute Gasteiger partial charge is 0.313 e. The predicted molar refractivity (Wildman–Crippen MR) is 70.4 cm³/mol. The predicted octanol–water partition coefficient (Wildman–Crippen LogP) is 2.74. The number of unbranched alkanes of at least 4 members (excludes halogenated alkanes) is 3. The van der Waals surface area contributed by atoms with Crippen molar-refractivity contribution >= 4 is 11.8 Å². The maximum Gasteiger partial charge on any atom is 0.313 e. The van der Waals surface area contributed by atoms with Crippen molar-refractivity contribution in [1.29, 1.82) is 0 Å². The Balaban J connectivity index is 3.33. The third-order valence-electron chi connectivity index (χ3n) is 2.60. The van der Waals surface area contributed by atoms with E-state index in [0.29, 0.717) is 13.2 Å². The van der Waals surface area contributed by atoms with Crippen LogP contribution in [0, 0.1) is 5.92 Å². The lowest BCUT2D eigenvalue weighted by Gasteiger charge is -2.06. The van der Waals surface area contributed by atoms with Gasteiger partial charge in [-0.15, -0.1) is 0 Å². The molecule has 18 heavy (non-hydrogen) atoms. The maximum atomic E-state index is 11.3. The highest BCUT2D eigenvalue weighted by Crippen LogP contribution is 2.01. The molecule has 0 fully saturated rings. The van der Waals surface area contributed by atoms with Crippen LogP contribution in [0.4, 0.5) is 0 Å². The summed E-state index contributed by atoms with van der Waals surface area (Å²) in [4.78, 5) is 22.5. The van der Waals surface area contributed by atoms with Gasteiger partial charge in [0.15, 0.2) is 0 Å². The van der Waals surface area contributed by atoms with Crippen LogP contribution in [0.25, 0.3) is 0 Å². The number of carbonyl (C=O) groups is 2. The van der Waals surface area contributed by atoms with Gasteiger partial charge in [0.05, 0.1) is 6.61 Å². The Hall–Kier alpha value is -0.900. The molecule has 0 spiro atoms. The third kappa shape index (κ3) is 10.3. The highest BCUT2D eigenvalue weighted by atomic mass is 16.6. The normalized spacial score (nSPS) is 10.7. The van der Waals surface area contributed by atoms with Crippen LogP contribution in [0.3, 0.4) is 0 Å². The van der Waals surface area contributed by atoms with Crippen molar-refractivity contribution in [3.05, 3.63) is 0 Å². The molecule has 0 atom stereocenters. The van der Waals surface area contributed by atoms with Crippen LogP contribution in [0.2, 0.25) is 0 Å². The average Bonchev–Trinajstić information content (AvgIpc) is 2.32. The number of esters is 1. The number of carbonyl (C=O) groups excluding carboxylic acids is 2. The van der Waals surface area contributed by atoms with Gasteiger partial charge in [0, 0.05) is 12.5 Å². The summed E-state index contributed by atoms with van der Waals surface area (Å²) in [6.07, 6.45) is 4.54. The molecule has 0 aliphatic carbocycles. The fourth-order valence-corrected chi connectivity index (χ4v) is 1.34. The molecule has 0 amide bonds. The molecule has 0 heterocycles. The summed E-state index contributed by atoms with van der Waals surface area (Å²) in [6.45, 7) is 7.07. The first-order chi connectivity index (χ1) is 8.57. The zero-order chi connectivity index (χ0) is 13.8. The number of rotatable bonds is 11. The Kier molecular flexibility index (Phi) is 10.6. The number of hydrogen-bond donors (Lipinski definition) is 0. The Morgan fingerprint density at radius 3 is 2.33 bits per heavy atom. The van der Waals surface area contributed by atoms with Gasteiger partial charge in [-0.05, 0) is 6.42 Å². The summed E-state index contributed by atoms with van der Waals surface area (Å²) in [5, 5.41) is 0. The first-order valence-corrected chi connectivity index (χ1v) is 6.84. The molecule has 0 aromatic heterocycles. The fraction of sp³-hybridized carbons (Fsp3) is 0.857. The minimum Gasteiger partial charge on any atom is -0.463 e. The zero-order valence-electron chi connectivity index (χ0n) is 11.9. The molecule has 4 heteroatoms. The standard InChI is InChI=1S/C14H26O4/c1-4-5-6-7-8-17-9-10-18-14(16)11-13(15)12(2)3/h12H,4-11H2,1-3H3. The van der Waals surface area contributed by atoms with Crippen molar-refractivity contribution in [2.24, 2.45) is 5.92 Å². The number of Topliss-reactive ketones (excluding diaryl/α,β-unsaturated/α-hetero) is 1. The monoisotopic (exact) mass is 258 g/mol. The number of hydrogen-bond acceptors (Lipinski definition) is 4. The van der Waals surface area contributed by atoms with Crippen molar-refractivity contribution in [2.45, 2.75) is 52.9 Å². The second-order valence-corrected chi connectivity index (χ2v) is 4.69. The van der Waals surface area contributed by atoms with Gasteiger partial charge in [-0.1, -0.05) is 40.0 Å². The van der Waals surface area contributed by atoms with Crippen molar-refractivity contribution in [3.63, 3.8) is 0 Å². The maximum absolute atomic E-state index is 11.3. The lowest BCUT2D eigenvalue weighted by atomic mass is 10.1. The van der Waals surface area contributed by atoms with Crippen molar-refractivity contribution in [1.82, 2.24) is 0 Å². The molecule has 0 saturated carbocycles. The number of ether oxygens (including phenoxy) is 2. The topological polar surface area (TPSA) is 52.6 Å². The largest absolute Gasteiger partial charge is 0.463 e. The molecular weight excluding hydrogens is 232 g/mol. The first kappa shape index (κ1) is 17.1. The lowest BCUT2D eigenvalue weighted by Crippen LogP contribution is -2.17. The molecule has 0 N–H and O–H groups in total. The Morgan fingerprint density at radius 2 is 1.72 bits per heavy atom. The lowest BCUT2D eigenvalue weighted by molar-refractivity contribution is -0.148. The Labute approximate surface area is 110 Å². The molecule has 0 aromatic carbocycles. The molecule has 0 unspecified atom stereocenters. The van der Waals surface area contributed by atoms with Gasteiger partial charge in [-0.3, -0.25) is 9.59 Å². The molecule has 4 nitrogen and oxygen atoms in total. The molecular formula is C14H26O4. The van der Waals surface area contributed by atoms with Crippen molar-refractivity contribution in [3.8, 4) is 0 Å². The van der Waals surface area contributed by atoms with Gasteiger partial charge < -0.3 is 9.47 Å². The van der Waals surface area contributed by atoms with E-state index in [1.807, 2.05) is 0 Å². The van der Waals surface area contributed by atoms with Crippen LogP contribution < -0.4 is 0 Å². The van der Waals surface area contributed by atoms with E-state index in [1.54, 1.807) is 13.8 Å². The Morgan fingerprint density at radius 1 is 1.00 bits per heavy atom. The average molecular weight is 258 g/mol. The first-order valence-electron chi connectivity index (χ1n) is 6.84. The van der Waals surface area contributed by atoms with Crippen LogP contribution in [0.1, 0.15) is 52.9 Å². The van der Waals surface area contributed by atoms with Crippen LogP contribution in [0.15, 0.2) is 0 Å². The molecule has 0 rings (SSSR count). The van der Waals surface area contributed by atoms with Gasteiger partial charge >= 0.3 is 5.97 Å². The highest BCUT2D eigenvalue weighted by Gasteiger charge is 2.13. The Bertz CT molecular complexity index is 236. The molecule has 106 valence electrons. The van der Waals surface area contributed by atoms with E-state index in [2.05, 4.69) is 6.92 Å². The summed E-state index contributed by atoms with van der Waals surface area (Å²) in [5.74, 6) is -0.656. The van der Waals surface area contributed by atoms with Crippen LogP contribution in [-0.2, 0) is 19.1 Å². The second kappa shape index (κ2) is 11.2. The summed E-state index contributed by atoms with van der Waals surface area (Å²) < 4.78 is 10.2. The van der Waals surface area contributed by atoms with E-state index in [9.17, 15) is 9.59 Å². The summed E-state index contributed by atoms with van der Waals surface area (Å²) in [7, 11) is 0. The van der Waals surface area contributed by atoms with Crippen molar-refractivity contribution < 1.29 is 19.1 Å². The number of ketones is 1. The van der Waals surface area contributed by atoms with E-state index in [4.69, 9.17) is 9.47 Å². The molecule has 0 saturated heterocycles. The minimum absolute atomic E-state index is 0.0829. The van der Waals surface area contributed by atoms with E-state index < -0.39 is 5.97 Å². The van der Waals surface area contributed by atoms with E-state index >= 15 is 0 Å². The molecule has 0 aliphatic heterocycles. The molecule has 0 aromatic rings. The quantitative estimate of drug-likeness (QED) is 0.325. The highest BCUT2D eigenvalue weighted by molar-refractivity contribution is 5.96. The van der Waals surface area contributed by atoms with Crippen LogP contribution in [0.5, 0.6) is 0 Å². The van der Waals surface area contributed by atoms with Crippen LogP contribution in [-0.4, -0.2) is 31.6 Å². The SMILES string of the molecule is CCCCCCOCCOC(=O)CC(=O)C(C)C. The second-order valence-electron chi connectivity index (χ2n) is 4.69. The summed E-state index contributed by atoms with van der Waals surface area (Å²) in [5.41, 5.74) is 0. The molecule has 0 radical (unpaired) electrons. The summed E-state index contributed by atoms with van der Waals surface area (Å²) >= 11 is 0. The van der Waals surface area contributed by atoms with Crippen molar-refractivity contribution in [2.75, 3.05) is 19.8 Å². The fourth-order valence-electron chi connectivity index (χ4n) is 1.34. The minimum atomic E-state index is -0.455. The van der Waals surface area contributed by atoms with Gasteiger partial charge in [0.1, 0.15) is 18.8 Å². The van der Waals surface area contributed by atoms with E-state index in [1.165, 1.54) is 19.3 Å². The van der Waals surface area contributed by atoms with E-state index in [-0.39, 0.29) is 24.7 Å². The zero-order valence-corrected chi connectivity index (χ0v) is 11.9. The van der Waals surface area contributed by atoms with Gasteiger partial charge in [-0.2, -0.15) is 0 Å². The van der Waals surface area contributed by atoms with Gasteiger partial charge in [0.2, 0.25) is 0 Å². The summed E-state index contributed by atoms with van der Waals surface area (Å²) in [6, 6.07) is 0. The third-order valence-corrected chi connectivity index (χ3v) is 2.60. The van der Waals surface area contributed by atoms with Gasteiger partial charge in [0.25, 0.3) is 0 Å².